The minimum Gasteiger partial charge on any atom is -0.507 e. The van der Waals surface area contributed by atoms with Crippen LogP contribution in [0, 0.1) is 11.8 Å². The second-order valence-electron chi connectivity index (χ2n) is 5.30. The number of esters is 1. The Morgan fingerprint density at radius 3 is 2.76 bits per heavy atom. The lowest BCUT2D eigenvalue weighted by Crippen LogP contribution is -2.45. The van der Waals surface area contributed by atoms with Gasteiger partial charge in [-0.15, -0.1) is 0 Å². The van der Waals surface area contributed by atoms with Gasteiger partial charge in [0.15, 0.2) is 11.6 Å². The van der Waals surface area contributed by atoms with Crippen LogP contribution in [0.3, 0.4) is 0 Å². The number of benzene rings is 1. The normalized spacial score (nSPS) is 27.0. The highest BCUT2D eigenvalue weighted by Crippen LogP contribution is 2.41. The minimum atomic E-state index is -0.759. The van der Waals surface area contributed by atoms with E-state index in [0.29, 0.717) is 6.42 Å². The van der Waals surface area contributed by atoms with Gasteiger partial charge in [-0.3, -0.25) is 14.4 Å². The van der Waals surface area contributed by atoms with Crippen molar-refractivity contribution >= 4 is 17.5 Å². The average molecular weight is 286 g/mol. The van der Waals surface area contributed by atoms with Gasteiger partial charge >= 0.3 is 5.97 Å². The number of ketones is 2. The number of phenols is 1. The highest BCUT2D eigenvalue weighted by atomic mass is 16.5. The summed E-state index contributed by atoms with van der Waals surface area (Å²) in [5.41, 5.74) is 0.286. The van der Waals surface area contributed by atoms with E-state index in [1.54, 1.807) is 24.3 Å². The summed E-state index contributed by atoms with van der Waals surface area (Å²) in [4.78, 5) is 36.4. The molecular formula is C16H14O5. The zero-order valence-corrected chi connectivity index (χ0v) is 11.4. The molecule has 5 nitrogen and oxygen atoms in total. The predicted octanol–water partition coefficient (Wildman–Crippen LogP) is 1.90. The summed E-state index contributed by atoms with van der Waals surface area (Å²) in [5, 5.41) is 9.90. The molecule has 0 aliphatic heterocycles. The molecule has 2 aliphatic carbocycles. The van der Waals surface area contributed by atoms with Crippen LogP contribution < -0.4 is 0 Å². The van der Waals surface area contributed by atoms with Crippen molar-refractivity contribution in [3.05, 3.63) is 41.5 Å². The van der Waals surface area contributed by atoms with Gasteiger partial charge in [-0.05, 0) is 18.6 Å². The molecule has 1 aromatic carbocycles. The fraction of sp³-hybridized carbons (Fsp3) is 0.312. The summed E-state index contributed by atoms with van der Waals surface area (Å²) in [6.45, 7) is 1.26. The molecule has 0 bridgehead atoms. The number of fused-ring (bicyclic) bond motifs is 2. The molecule has 21 heavy (non-hydrogen) atoms. The molecule has 0 fully saturated rings. The number of phenolic OH excluding ortho intramolecular Hbond substituents is 1. The number of carbonyl (C=O) groups excluding carboxylic acids is 3. The van der Waals surface area contributed by atoms with Gasteiger partial charge in [0.05, 0.1) is 11.5 Å². The minimum absolute atomic E-state index is 0.0382. The van der Waals surface area contributed by atoms with Gasteiger partial charge in [0.25, 0.3) is 0 Å². The van der Waals surface area contributed by atoms with Crippen LogP contribution >= 0.6 is 0 Å². The van der Waals surface area contributed by atoms with Gasteiger partial charge in [0, 0.05) is 18.4 Å². The SMILES string of the molecule is CC(=O)OC1C=CCC2C(=O)c3cccc(O)c3C(=O)C12. The lowest BCUT2D eigenvalue weighted by atomic mass is 9.68. The lowest BCUT2D eigenvalue weighted by Gasteiger charge is -2.36. The smallest absolute Gasteiger partial charge is 0.303 e. The van der Waals surface area contributed by atoms with Crippen molar-refractivity contribution in [2.45, 2.75) is 19.4 Å². The highest BCUT2D eigenvalue weighted by molar-refractivity contribution is 6.17. The first-order valence-electron chi connectivity index (χ1n) is 6.75. The number of allylic oxidation sites excluding steroid dienone is 1. The van der Waals surface area contributed by atoms with Crippen LogP contribution in [-0.4, -0.2) is 28.7 Å². The maximum absolute atomic E-state index is 12.7. The number of aromatic hydroxyl groups is 1. The van der Waals surface area contributed by atoms with E-state index in [1.807, 2.05) is 0 Å². The topological polar surface area (TPSA) is 80.7 Å². The third-order valence-corrected chi connectivity index (χ3v) is 4.00. The van der Waals surface area contributed by atoms with Crippen molar-refractivity contribution in [2.75, 3.05) is 0 Å². The summed E-state index contributed by atoms with van der Waals surface area (Å²) in [6, 6.07) is 4.47. The van der Waals surface area contributed by atoms with Crippen molar-refractivity contribution in [3.8, 4) is 5.75 Å². The van der Waals surface area contributed by atoms with Crippen LogP contribution in [0.25, 0.3) is 0 Å². The molecule has 3 atom stereocenters. The van der Waals surface area contributed by atoms with E-state index in [9.17, 15) is 19.5 Å². The van der Waals surface area contributed by atoms with Crippen molar-refractivity contribution in [2.24, 2.45) is 11.8 Å². The molecule has 0 saturated heterocycles. The van der Waals surface area contributed by atoms with E-state index in [0.717, 1.165) is 0 Å². The summed E-state index contributed by atoms with van der Waals surface area (Å²) in [7, 11) is 0. The molecule has 0 spiro atoms. The maximum Gasteiger partial charge on any atom is 0.303 e. The zero-order valence-electron chi connectivity index (χ0n) is 11.4. The Kier molecular flexibility index (Phi) is 3.12. The number of hydrogen-bond donors (Lipinski definition) is 1. The van der Waals surface area contributed by atoms with Crippen LogP contribution in [0.15, 0.2) is 30.4 Å². The molecule has 108 valence electrons. The number of rotatable bonds is 1. The van der Waals surface area contributed by atoms with Crippen molar-refractivity contribution in [1.29, 1.82) is 0 Å². The molecule has 0 radical (unpaired) electrons. The summed E-state index contributed by atoms with van der Waals surface area (Å²) in [6.07, 6.45) is 3.07. The molecule has 0 heterocycles. The largest absolute Gasteiger partial charge is 0.507 e. The van der Waals surface area contributed by atoms with Crippen LogP contribution in [0.5, 0.6) is 5.75 Å². The maximum atomic E-state index is 12.7. The van der Waals surface area contributed by atoms with Crippen molar-refractivity contribution in [3.63, 3.8) is 0 Å². The van der Waals surface area contributed by atoms with Gasteiger partial charge in [0.1, 0.15) is 11.9 Å². The number of Topliss-reactive ketones (excluding diaryl/α,β-unsaturated/α-hetero) is 2. The fourth-order valence-corrected chi connectivity index (χ4v) is 3.13. The first-order valence-corrected chi connectivity index (χ1v) is 6.75. The summed E-state index contributed by atoms with van der Waals surface area (Å²) in [5.74, 6) is -2.54. The van der Waals surface area contributed by atoms with E-state index in [1.165, 1.54) is 13.0 Å². The first-order chi connectivity index (χ1) is 10.0. The van der Waals surface area contributed by atoms with Crippen LogP contribution in [0.1, 0.15) is 34.1 Å². The quantitative estimate of drug-likeness (QED) is 0.630. The van der Waals surface area contributed by atoms with E-state index in [2.05, 4.69) is 0 Å². The third-order valence-electron chi connectivity index (χ3n) is 4.00. The molecular weight excluding hydrogens is 272 g/mol. The molecule has 0 saturated carbocycles. The molecule has 3 rings (SSSR count). The average Bonchev–Trinajstić information content (AvgIpc) is 2.43. The first kappa shape index (κ1) is 13.5. The Balaban J connectivity index is 2.10. The van der Waals surface area contributed by atoms with Gasteiger partial charge in [-0.25, -0.2) is 0 Å². The zero-order chi connectivity index (χ0) is 15.1. The van der Waals surface area contributed by atoms with Gasteiger partial charge in [0.2, 0.25) is 0 Å². The van der Waals surface area contributed by atoms with Crippen LogP contribution in [0.4, 0.5) is 0 Å². The molecule has 0 aromatic heterocycles. The van der Waals surface area contributed by atoms with E-state index < -0.39 is 23.9 Å². The Hall–Kier alpha value is -2.43. The fourth-order valence-electron chi connectivity index (χ4n) is 3.13. The second kappa shape index (κ2) is 4.84. The lowest BCUT2D eigenvalue weighted by molar-refractivity contribution is -0.146. The van der Waals surface area contributed by atoms with Crippen LogP contribution in [0.2, 0.25) is 0 Å². The van der Waals surface area contributed by atoms with E-state index >= 15 is 0 Å². The Bertz CT molecular complexity index is 673. The Labute approximate surface area is 121 Å². The van der Waals surface area contributed by atoms with Gasteiger partial charge in [-0.2, -0.15) is 0 Å². The standard InChI is InChI=1S/C16H14O5/c1-8(17)21-12-7-3-5-10-14(12)16(20)13-9(15(10)19)4-2-6-11(13)18/h2-4,6-7,10,12,14,18H,5H2,1H3. The molecule has 3 unspecified atom stereocenters. The molecule has 1 N–H and O–H groups in total. The second-order valence-corrected chi connectivity index (χ2v) is 5.30. The summed E-state index contributed by atoms with van der Waals surface area (Å²) >= 11 is 0. The Morgan fingerprint density at radius 2 is 2.05 bits per heavy atom. The predicted molar refractivity (Wildman–Crippen MR) is 73.1 cm³/mol. The third kappa shape index (κ3) is 2.05. The molecule has 2 aliphatic rings. The van der Waals surface area contributed by atoms with Gasteiger partial charge < -0.3 is 9.84 Å². The van der Waals surface area contributed by atoms with Crippen molar-refractivity contribution < 1.29 is 24.2 Å². The van der Waals surface area contributed by atoms with E-state index in [-0.39, 0.29) is 28.4 Å². The van der Waals surface area contributed by atoms with Gasteiger partial charge in [-0.1, -0.05) is 18.2 Å². The van der Waals surface area contributed by atoms with Crippen molar-refractivity contribution in [1.82, 2.24) is 0 Å². The number of ether oxygens (including phenoxy) is 1. The molecule has 1 aromatic rings. The van der Waals surface area contributed by atoms with E-state index in [4.69, 9.17) is 4.74 Å². The Morgan fingerprint density at radius 1 is 1.29 bits per heavy atom. The number of hydrogen-bond acceptors (Lipinski definition) is 5. The number of carbonyl (C=O) groups is 3. The van der Waals surface area contributed by atoms with Crippen LogP contribution in [-0.2, 0) is 9.53 Å². The highest BCUT2D eigenvalue weighted by Gasteiger charge is 2.47. The molecule has 5 heteroatoms. The monoisotopic (exact) mass is 286 g/mol. The molecule has 0 amide bonds. The summed E-state index contributed by atoms with van der Waals surface area (Å²) < 4.78 is 5.15.